The van der Waals surface area contributed by atoms with E-state index in [-0.39, 0.29) is 5.91 Å². The van der Waals surface area contributed by atoms with Crippen molar-refractivity contribution in [2.75, 3.05) is 6.61 Å². The molecule has 0 bridgehead atoms. The van der Waals surface area contributed by atoms with Gasteiger partial charge in [0.25, 0.3) is 0 Å². The Bertz CT molecular complexity index is 959. The highest BCUT2D eigenvalue weighted by atomic mass is 16.6. The number of hydrogen-bond acceptors (Lipinski definition) is 5. The van der Waals surface area contributed by atoms with Gasteiger partial charge in [-0.3, -0.25) is 4.79 Å². The summed E-state index contributed by atoms with van der Waals surface area (Å²) in [6.07, 6.45) is 18.7. The Morgan fingerprint density at radius 3 is 1.97 bits per heavy atom. The Morgan fingerprint density at radius 1 is 0.763 bits per heavy atom. The molecule has 0 unspecified atom stereocenters. The zero-order chi connectivity index (χ0) is 27.3. The van der Waals surface area contributed by atoms with Crippen LogP contribution >= 0.6 is 0 Å². The Kier molecular flexibility index (Phi) is 16.3. The zero-order valence-electron chi connectivity index (χ0n) is 23.4. The van der Waals surface area contributed by atoms with Gasteiger partial charge in [0, 0.05) is 6.42 Å². The van der Waals surface area contributed by atoms with Gasteiger partial charge in [-0.1, -0.05) is 102 Å². The van der Waals surface area contributed by atoms with Gasteiger partial charge >= 0.3 is 5.97 Å². The number of rotatable bonds is 20. The molecule has 0 saturated carbocycles. The summed E-state index contributed by atoms with van der Waals surface area (Å²) in [4.78, 5) is 24.5. The average molecular weight is 523 g/mol. The molecule has 0 saturated heterocycles. The first-order valence-corrected chi connectivity index (χ1v) is 14.5. The molecule has 38 heavy (non-hydrogen) atoms. The van der Waals surface area contributed by atoms with Crippen LogP contribution in [-0.2, 0) is 4.79 Å². The van der Waals surface area contributed by atoms with Gasteiger partial charge in [0.15, 0.2) is 11.5 Å². The first kappa shape index (κ1) is 31.1. The van der Waals surface area contributed by atoms with Gasteiger partial charge in [-0.2, -0.15) is 5.10 Å². The number of hydrogen-bond donors (Lipinski definition) is 1. The highest BCUT2D eigenvalue weighted by molar-refractivity contribution is 5.91. The summed E-state index contributed by atoms with van der Waals surface area (Å²) in [7, 11) is 0. The molecule has 2 aromatic carbocycles. The number of benzene rings is 2. The van der Waals surface area contributed by atoms with E-state index in [4.69, 9.17) is 9.47 Å². The maximum Gasteiger partial charge on any atom is 0.343 e. The van der Waals surface area contributed by atoms with Crippen molar-refractivity contribution < 1.29 is 19.1 Å². The molecule has 1 amide bonds. The van der Waals surface area contributed by atoms with Crippen molar-refractivity contribution in [3.63, 3.8) is 0 Å². The molecular formula is C32H46N2O4. The summed E-state index contributed by atoms with van der Waals surface area (Å²) in [5.41, 5.74) is 3.79. The minimum atomic E-state index is -0.451. The molecule has 6 heteroatoms. The standard InChI is InChI=1S/C32H46N2O4/c1-3-5-6-7-8-9-10-11-12-13-14-15-19-22-31(35)34-33-26-27-23-24-29(30(25-27)37-4-2)38-32(36)28-20-17-16-18-21-28/h16-18,20-21,23-26H,3-15,19,22H2,1-2H3,(H,34,35)/b33-26-. The lowest BCUT2D eigenvalue weighted by Gasteiger charge is -2.11. The van der Waals surface area contributed by atoms with E-state index in [1.807, 2.05) is 13.0 Å². The van der Waals surface area contributed by atoms with Gasteiger partial charge < -0.3 is 9.47 Å². The van der Waals surface area contributed by atoms with Crippen molar-refractivity contribution >= 4 is 18.1 Å². The number of nitrogens with one attached hydrogen (secondary N) is 1. The molecule has 0 atom stereocenters. The molecule has 0 spiro atoms. The minimum Gasteiger partial charge on any atom is -0.490 e. The summed E-state index contributed by atoms with van der Waals surface area (Å²) in [5.74, 6) is 0.250. The lowest BCUT2D eigenvalue weighted by atomic mass is 10.0. The lowest BCUT2D eigenvalue weighted by molar-refractivity contribution is -0.121. The van der Waals surface area contributed by atoms with Crippen molar-refractivity contribution in [3.8, 4) is 11.5 Å². The van der Waals surface area contributed by atoms with Crippen molar-refractivity contribution in [1.29, 1.82) is 0 Å². The Balaban J connectivity index is 1.62. The van der Waals surface area contributed by atoms with Gasteiger partial charge in [-0.25, -0.2) is 10.2 Å². The molecule has 1 N–H and O–H groups in total. The fourth-order valence-electron chi connectivity index (χ4n) is 4.23. The maximum absolute atomic E-state index is 12.4. The van der Waals surface area contributed by atoms with Crippen LogP contribution in [0, 0.1) is 0 Å². The summed E-state index contributed by atoms with van der Waals surface area (Å²) in [6, 6.07) is 14.0. The maximum atomic E-state index is 12.4. The number of carbonyl (C=O) groups is 2. The summed E-state index contributed by atoms with van der Waals surface area (Å²) in [6.45, 7) is 4.54. The number of amides is 1. The molecule has 208 valence electrons. The third-order valence-corrected chi connectivity index (χ3v) is 6.39. The monoisotopic (exact) mass is 522 g/mol. The lowest BCUT2D eigenvalue weighted by Crippen LogP contribution is -2.16. The van der Waals surface area contributed by atoms with Crippen LogP contribution in [0.1, 0.15) is 120 Å². The zero-order valence-corrected chi connectivity index (χ0v) is 23.4. The first-order chi connectivity index (χ1) is 18.6. The second kappa shape index (κ2) is 19.9. The van der Waals surface area contributed by atoms with Gasteiger partial charge in [0.05, 0.1) is 18.4 Å². The fourth-order valence-corrected chi connectivity index (χ4v) is 4.23. The quantitative estimate of drug-likeness (QED) is 0.0624. The van der Waals surface area contributed by atoms with Crippen molar-refractivity contribution in [1.82, 2.24) is 5.43 Å². The van der Waals surface area contributed by atoms with Crippen molar-refractivity contribution in [2.24, 2.45) is 5.10 Å². The van der Waals surface area contributed by atoms with E-state index in [1.54, 1.807) is 48.7 Å². The van der Waals surface area contributed by atoms with Crippen LogP contribution in [0.25, 0.3) is 0 Å². The van der Waals surface area contributed by atoms with Crippen LogP contribution in [0.4, 0.5) is 0 Å². The van der Waals surface area contributed by atoms with E-state index in [0.717, 1.165) is 18.4 Å². The van der Waals surface area contributed by atoms with Gasteiger partial charge in [-0.05, 0) is 49.2 Å². The first-order valence-electron chi connectivity index (χ1n) is 14.5. The largest absolute Gasteiger partial charge is 0.490 e. The Hall–Kier alpha value is -3.15. The summed E-state index contributed by atoms with van der Waals surface area (Å²) < 4.78 is 11.2. The third-order valence-electron chi connectivity index (χ3n) is 6.39. The molecule has 0 fully saturated rings. The average Bonchev–Trinajstić information content (AvgIpc) is 2.93. The Morgan fingerprint density at radius 2 is 1.37 bits per heavy atom. The number of unbranched alkanes of at least 4 members (excludes halogenated alkanes) is 12. The van der Waals surface area contributed by atoms with E-state index in [0.29, 0.717) is 30.1 Å². The Labute approximate surface area is 229 Å². The number of esters is 1. The predicted octanol–water partition coefficient (Wildman–Crippen LogP) is 8.24. The highest BCUT2D eigenvalue weighted by Crippen LogP contribution is 2.29. The number of hydrazone groups is 1. The number of nitrogens with zero attached hydrogens (tertiary/aromatic N) is 1. The van der Waals surface area contributed by atoms with E-state index >= 15 is 0 Å². The van der Waals surface area contributed by atoms with Crippen LogP contribution in [0.3, 0.4) is 0 Å². The summed E-state index contributed by atoms with van der Waals surface area (Å²) in [5, 5.41) is 4.07. The molecule has 2 rings (SSSR count). The minimum absolute atomic E-state index is 0.0808. The fraction of sp³-hybridized carbons (Fsp3) is 0.531. The van der Waals surface area contributed by atoms with E-state index in [2.05, 4.69) is 17.5 Å². The van der Waals surface area contributed by atoms with Crippen molar-refractivity contribution in [3.05, 3.63) is 59.7 Å². The topological polar surface area (TPSA) is 77.0 Å². The van der Waals surface area contributed by atoms with Crippen LogP contribution in [-0.4, -0.2) is 24.7 Å². The number of ether oxygens (including phenoxy) is 2. The van der Waals surface area contributed by atoms with Gasteiger partial charge in [-0.15, -0.1) is 0 Å². The molecule has 6 nitrogen and oxygen atoms in total. The van der Waals surface area contributed by atoms with E-state index < -0.39 is 5.97 Å². The second-order valence-corrected chi connectivity index (χ2v) is 9.68. The van der Waals surface area contributed by atoms with E-state index in [1.165, 1.54) is 70.6 Å². The molecule has 2 aromatic rings. The highest BCUT2D eigenvalue weighted by Gasteiger charge is 2.13. The van der Waals surface area contributed by atoms with Crippen LogP contribution in [0.15, 0.2) is 53.6 Å². The van der Waals surface area contributed by atoms with Crippen molar-refractivity contribution in [2.45, 2.75) is 104 Å². The molecule has 0 radical (unpaired) electrons. The molecule has 0 aliphatic carbocycles. The molecule has 0 aromatic heterocycles. The molecule has 0 aliphatic rings. The third kappa shape index (κ3) is 13.4. The van der Waals surface area contributed by atoms with Crippen LogP contribution in [0.2, 0.25) is 0 Å². The van der Waals surface area contributed by atoms with Crippen LogP contribution < -0.4 is 14.9 Å². The van der Waals surface area contributed by atoms with Gasteiger partial charge in [0.2, 0.25) is 5.91 Å². The van der Waals surface area contributed by atoms with E-state index in [9.17, 15) is 9.59 Å². The number of carbonyl (C=O) groups excluding carboxylic acids is 2. The normalized spacial score (nSPS) is 11.0. The predicted molar refractivity (Wildman–Crippen MR) is 155 cm³/mol. The van der Waals surface area contributed by atoms with Gasteiger partial charge in [0.1, 0.15) is 0 Å². The SMILES string of the molecule is CCCCCCCCCCCCCCCC(=O)N/N=C\c1ccc(OC(=O)c2ccccc2)c(OCC)c1. The van der Waals surface area contributed by atoms with Crippen LogP contribution in [0.5, 0.6) is 11.5 Å². The molecular weight excluding hydrogens is 476 g/mol. The smallest absolute Gasteiger partial charge is 0.343 e. The second-order valence-electron chi connectivity index (χ2n) is 9.68. The molecule has 0 aliphatic heterocycles. The molecule has 0 heterocycles. The summed E-state index contributed by atoms with van der Waals surface area (Å²) >= 11 is 0.